The molecule has 140 valence electrons. The van der Waals surface area contributed by atoms with Gasteiger partial charge in [-0.1, -0.05) is 36.4 Å². The third-order valence-electron chi connectivity index (χ3n) is 4.48. The quantitative estimate of drug-likeness (QED) is 0.697. The first-order valence-electron chi connectivity index (χ1n) is 8.66. The molecule has 0 spiro atoms. The Morgan fingerprint density at radius 3 is 2.33 bits per heavy atom. The lowest BCUT2D eigenvalue weighted by Crippen LogP contribution is -2.17. The zero-order valence-corrected chi connectivity index (χ0v) is 16.5. The number of hydrogen-bond acceptors (Lipinski definition) is 4. The van der Waals surface area contributed by atoms with Crippen LogP contribution >= 0.6 is 0 Å². The predicted octanol–water partition coefficient (Wildman–Crippen LogP) is 4.14. The largest absolute Gasteiger partial charge is 0.369 e. The molecule has 0 amide bonds. The molecule has 2 aromatic carbocycles. The molecule has 0 saturated heterocycles. The standard InChI is InChI=1S/C21H23N3O2S/c1-16-9-11-20(13-17(16)2)27(25,26)23-21-12-10-19(14-22-21)24(3)15-18-7-5-4-6-8-18/h4-14H,15H2,1-3H3,(H,22,23). The molecule has 0 bridgehead atoms. The van der Waals surface area contributed by atoms with Gasteiger partial charge in [0.2, 0.25) is 0 Å². The third-order valence-corrected chi connectivity index (χ3v) is 5.83. The second-order valence-corrected chi connectivity index (χ2v) is 8.28. The van der Waals surface area contributed by atoms with Crippen molar-refractivity contribution < 1.29 is 8.42 Å². The highest BCUT2D eigenvalue weighted by Gasteiger charge is 2.15. The molecule has 0 aliphatic carbocycles. The maximum Gasteiger partial charge on any atom is 0.263 e. The van der Waals surface area contributed by atoms with Crippen molar-refractivity contribution in [2.75, 3.05) is 16.7 Å². The minimum atomic E-state index is -3.66. The van der Waals surface area contributed by atoms with Crippen LogP contribution in [0.15, 0.2) is 71.8 Å². The van der Waals surface area contributed by atoms with Gasteiger partial charge in [0.05, 0.1) is 16.8 Å². The fourth-order valence-electron chi connectivity index (χ4n) is 2.70. The van der Waals surface area contributed by atoms with Gasteiger partial charge in [-0.3, -0.25) is 4.72 Å². The highest BCUT2D eigenvalue weighted by atomic mass is 32.2. The molecule has 1 heterocycles. The fraction of sp³-hybridized carbons (Fsp3) is 0.190. The van der Waals surface area contributed by atoms with Crippen LogP contribution < -0.4 is 9.62 Å². The van der Waals surface area contributed by atoms with Gasteiger partial charge < -0.3 is 4.90 Å². The van der Waals surface area contributed by atoms with Gasteiger partial charge in [0, 0.05) is 13.6 Å². The number of benzene rings is 2. The number of nitrogens with one attached hydrogen (secondary N) is 1. The minimum absolute atomic E-state index is 0.234. The highest BCUT2D eigenvalue weighted by Crippen LogP contribution is 2.20. The van der Waals surface area contributed by atoms with Gasteiger partial charge in [0.15, 0.2) is 0 Å². The molecule has 0 atom stereocenters. The van der Waals surface area contributed by atoms with Crippen molar-refractivity contribution in [3.63, 3.8) is 0 Å². The third kappa shape index (κ3) is 4.65. The van der Waals surface area contributed by atoms with E-state index in [0.717, 1.165) is 23.4 Å². The summed E-state index contributed by atoms with van der Waals surface area (Å²) in [6.07, 6.45) is 1.67. The molecule has 0 aliphatic rings. The molecule has 0 unspecified atom stereocenters. The first-order valence-corrected chi connectivity index (χ1v) is 10.1. The van der Waals surface area contributed by atoms with Crippen molar-refractivity contribution in [1.29, 1.82) is 0 Å². The van der Waals surface area contributed by atoms with Crippen LogP contribution in [0.3, 0.4) is 0 Å². The molecule has 0 radical (unpaired) electrons. The average Bonchev–Trinajstić information content (AvgIpc) is 2.65. The molecule has 6 heteroatoms. The van der Waals surface area contributed by atoms with E-state index in [9.17, 15) is 8.42 Å². The Morgan fingerprint density at radius 2 is 1.70 bits per heavy atom. The van der Waals surface area contributed by atoms with Crippen molar-refractivity contribution in [2.45, 2.75) is 25.3 Å². The van der Waals surface area contributed by atoms with Crippen LogP contribution in [-0.2, 0) is 16.6 Å². The van der Waals surface area contributed by atoms with Crippen molar-refractivity contribution in [1.82, 2.24) is 4.98 Å². The van der Waals surface area contributed by atoms with E-state index in [1.165, 1.54) is 5.56 Å². The molecule has 1 aromatic heterocycles. The Balaban J connectivity index is 1.72. The smallest absolute Gasteiger partial charge is 0.263 e. The fourth-order valence-corrected chi connectivity index (χ4v) is 3.79. The number of hydrogen-bond donors (Lipinski definition) is 1. The molecular weight excluding hydrogens is 358 g/mol. The van der Waals surface area contributed by atoms with E-state index in [4.69, 9.17) is 0 Å². The zero-order valence-electron chi connectivity index (χ0n) is 15.7. The lowest BCUT2D eigenvalue weighted by molar-refractivity contribution is 0.601. The first-order chi connectivity index (χ1) is 12.8. The van der Waals surface area contributed by atoms with Crippen LogP contribution in [0.4, 0.5) is 11.5 Å². The average molecular weight is 382 g/mol. The van der Waals surface area contributed by atoms with Crippen LogP contribution in [0.25, 0.3) is 0 Å². The van der Waals surface area contributed by atoms with E-state index in [1.807, 2.05) is 45.2 Å². The normalized spacial score (nSPS) is 11.2. The van der Waals surface area contributed by atoms with Gasteiger partial charge in [-0.25, -0.2) is 13.4 Å². The number of sulfonamides is 1. The molecule has 3 aromatic rings. The lowest BCUT2D eigenvalue weighted by Gasteiger charge is -2.19. The maximum absolute atomic E-state index is 12.6. The van der Waals surface area contributed by atoms with E-state index in [0.29, 0.717) is 5.82 Å². The van der Waals surface area contributed by atoms with Crippen LogP contribution in [0.1, 0.15) is 16.7 Å². The van der Waals surface area contributed by atoms with E-state index in [-0.39, 0.29) is 4.90 Å². The number of pyridine rings is 1. The van der Waals surface area contributed by atoms with Gasteiger partial charge in [-0.2, -0.15) is 0 Å². The monoisotopic (exact) mass is 381 g/mol. The van der Waals surface area contributed by atoms with Gasteiger partial charge in [0.25, 0.3) is 10.0 Å². The van der Waals surface area contributed by atoms with Crippen molar-refractivity contribution in [3.05, 3.63) is 83.6 Å². The first kappa shape index (κ1) is 18.9. The molecular formula is C21H23N3O2S. The Labute approximate surface area is 160 Å². The number of rotatable bonds is 6. The van der Waals surface area contributed by atoms with Crippen LogP contribution in [0, 0.1) is 13.8 Å². The SMILES string of the molecule is Cc1ccc(S(=O)(=O)Nc2ccc(N(C)Cc3ccccc3)cn2)cc1C. The number of anilines is 2. The van der Waals surface area contributed by atoms with Crippen LogP contribution in [-0.4, -0.2) is 20.4 Å². The number of aryl methyl sites for hydroxylation is 2. The lowest BCUT2D eigenvalue weighted by atomic mass is 10.1. The van der Waals surface area contributed by atoms with Crippen LogP contribution in [0.2, 0.25) is 0 Å². The molecule has 27 heavy (non-hydrogen) atoms. The Bertz CT molecular complexity index is 1020. The summed E-state index contributed by atoms with van der Waals surface area (Å²) in [5.41, 5.74) is 4.09. The summed E-state index contributed by atoms with van der Waals surface area (Å²) in [4.78, 5) is 6.55. The summed E-state index contributed by atoms with van der Waals surface area (Å²) in [7, 11) is -1.69. The minimum Gasteiger partial charge on any atom is -0.369 e. The highest BCUT2D eigenvalue weighted by molar-refractivity contribution is 7.92. The van der Waals surface area contributed by atoms with E-state index in [1.54, 1.807) is 30.5 Å². The molecule has 0 saturated carbocycles. The van der Waals surface area contributed by atoms with Gasteiger partial charge in [-0.15, -0.1) is 0 Å². The Morgan fingerprint density at radius 1 is 0.963 bits per heavy atom. The second-order valence-electron chi connectivity index (χ2n) is 6.59. The van der Waals surface area contributed by atoms with Gasteiger partial charge >= 0.3 is 0 Å². The maximum atomic E-state index is 12.6. The van der Waals surface area contributed by atoms with E-state index in [2.05, 4.69) is 26.7 Å². The van der Waals surface area contributed by atoms with Crippen molar-refractivity contribution in [3.8, 4) is 0 Å². The number of nitrogens with zero attached hydrogens (tertiary/aromatic N) is 2. The topological polar surface area (TPSA) is 62.3 Å². The summed E-state index contributed by atoms with van der Waals surface area (Å²) >= 11 is 0. The zero-order chi connectivity index (χ0) is 19.4. The predicted molar refractivity (Wildman–Crippen MR) is 110 cm³/mol. The summed E-state index contributed by atoms with van der Waals surface area (Å²) < 4.78 is 27.7. The molecule has 5 nitrogen and oxygen atoms in total. The molecule has 0 fully saturated rings. The second kappa shape index (κ2) is 7.80. The summed E-state index contributed by atoms with van der Waals surface area (Å²) in [6.45, 7) is 4.59. The molecule has 1 N–H and O–H groups in total. The van der Waals surface area contributed by atoms with Gasteiger partial charge in [-0.05, 0) is 54.8 Å². The summed E-state index contributed by atoms with van der Waals surface area (Å²) in [5.74, 6) is 0.296. The van der Waals surface area contributed by atoms with Gasteiger partial charge in [0.1, 0.15) is 5.82 Å². The Hall–Kier alpha value is -2.86. The molecule has 3 rings (SSSR count). The number of aromatic nitrogens is 1. The summed E-state index contributed by atoms with van der Waals surface area (Å²) in [6, 6.07) is 18.7. The Kier molecular flexibility index (Phi) is 5.46. The molecule has 0 aliphatic heterocycles. The van der Waals surface area contributed by atoms with Crippen LogP contribution in [0.5, 0.6) is 0 Å². The van der Waals surface area contributed by atoms with E-state index >= 15 is 0 Å². The van der Waals surface area contributed by atoms with Crippen molar-refractivity contribution in [2.24, 2.45) is 0 Å². The summed E-state index contributed by atoms with van der Waals surface area (Å²) in [5, 5.41) is 0. The van der Waals surface area contributed by atoms with E-state index < -0.39 is 10.0 Å². The van der Waals surface area contributed by atoms with Crippen molar-refractivity contribution >= 4 is 21.5 Å².